The van der Waals surface area contributed by atoms with Crippen molar-refractivity contribution in [2.24, 2.45) is 0 Å². The zero-order chi connectivity index (χ0) is 16.2. The SMILES string of the molecule is CC(C)(C)NC(=O)Nc1cccc(C(=O)N2CCOCC2)c1. The monoisotopic (exact) mass is 305 g/mol. The summed E-state index contributed by atoms with van der Waals surface area (Å²) in [6.07, 6.45) is 0. The normalized spacial score (nSPS) is 15.3. The van der Waals surface area contributed by atoms with Crippen molar-refractivity contribution in [3.05, 3.63) is 29.8 Å². The van der Waals surface area contributed by atoms with E-state index in [0.29, 0.717) is 37.6 Å². The summed E-state index contributed by atoms with van der Waals surface area (Å²) in [5.74, 6) is -0.0387. The van der Waals surface area contributed by atoms with Crippen LogP contribution in [0.25, 0.3) is 0 Å². The molecule has 3 amide bonds. The van der Waals surface area contributed by atoms with Gasteiger partial charge in [-0.3, -0.25) is 4.79 Å². The molecule has 1 fully saturated rings. The van der Waals surface area contributed by atoms with E-state index in [1.54, 1.807) is 29.2 Å². The summed E-state index contributed by atoms with van der Waals surface area (Å²) >= 11 is 0. The van der Waals surface area contributed by atoms with Crippen molar-refractivity contribution in [2.75, 3.05) is 31.6 Å². The molecule has 1 aromatic carbocycles. The van der Waals surface area contributed by atoms with E-state index in [2.05, 4.69) is 10.6 Å². The Labute approximate surface area is 130 Å². The number of rotatable bonds is 2. The first-order chi connectivity index (χ1) is 10.3. The Hall–Kier alpha value is -2.08. The van der Waals surface area contributed by atoms with Crippen LogP contribution in [0.2, 0.25) is 0 Å². The fourth-order valence-corrected chi connectivity index (χ4v) is 2.18. The van der Waals surface area contributed by atoms with E-state index in [1.807, 2.05) is 20.8 Å². The van der Waals surface area contributed by atoms with Crippen LogP contribution in [0.4, 0.5) is 10.5 Å². The van der Waals surface area contributed by atoms with Gasteiger partial charge in [-0.15, -0.1) is 0 Å². The third-order valence-electron chi connectivity index (χ3n) is 3.15. The van der Waals surface area contributed by atoms with E-state index >= 15 is 0 Å². The molecule has 0 saturated carbocycles. The first kappa shape index (κ1) is 16.3. The molecule has 1 aromatic rings. The number of nitrogens with one attached hydrogen (secondary N) is 2. The van der Waals surface area contributed by atoms with Crippen LogP contribution in [0.1, 0.15) is 31.1 Å². The highest BCUT2D eigenvalue weighted by atomic mass is 16.5. The van der Waals surface area contributed by atoms with Gasteiger partial charge in [-0.2, -0.15) is 0 Å². The Balaban J connectivity index is 2.03. The number of carbonyl (C=O) groups is 2. The lowest BCUT2D eigenvalue weighted by atomic mass is 10.1. The first-order valence-electron chi connectivity index (χ1n) is 7.41. The van der Waals surface area contributed by atoms with E-state index in [1.165, 1.54) is 0 Å². The molecule has 1 aliphatic rings. The van der Waals surface area contributed by atoms with Gasteiger partial charge >= 0.3 is 6.03 Å². The van der Waals surface area contributed by atoms with Gasteiger partial charge in [-0.1, -0.05) is 6.07 Å². The maximum Gasteiger partial charge on any atom is 0.319 e. The van der Waals surface area contributed by atoms with Crippen LogP contribution >= 0.6 is 0 Å². The molecule has 0 bridgehead atoms. The fraction of sp³-hybridized carbons (Fsp3) is 0.500. The molecule has 2 N–H and O–H groups in total. The van der Waals surface area contributed by atoms with E-state index in [4.69, 9.17) is 4.74 Å². The van der Waals surface area contributed by atoms with Crippen LogP contribution in [-0.2, 0) is 4.74 Å². The maximum atomic E-state index is 12.4. The number of nitrogens with zero attached hydrogens (tertiary/aromatic N) is 1. The largest absolute Gasteiger partial charge is 0.378 e. The summed E-state index contributed by atoms with van der Waals surface area (Å²) in [7, 11) is 0. The summed E-state index contributed by atoms with van der Waals surface area (Å²) in [5, 5.41) is 5.57. The van der Waals surface area contributed by atoms with Gasteiger partial charge in [0.1, 0.15) is 0 Å². The minimum absolute atomic E-state index is 0.0387. The standard InChI is InChI=1S/C16H23N3O3/c1-16(2,3)18-15(21)17-13-6-4-5-12(11-13)14(20)19-7-9-22-10-8-19/h4-6,11H,7-10H2,1-3H3,(H2,17,18,21). The zero-order valence-corrected chi connectivity index (χ0v) is 13.3. The van der Waals surface area contributed by atoms with Gasteiger partial charge in [0.25, 0.3) is 5.91 Å². The molecule has 0 spiro atoms. The van der Waals surface area contributed by atoms with E-state index in [9.17, 15) is 9.59 Å². The van der Waals surface area contributed by atoms with Crippen LogP contribution in [-0.4, -0.2) is 48.7 Å². The number of amides is 3. The smallest absolute Gasteiger partial charge is 0.319 e. The number of carbonyl (C=O) groups excluding carboxylic acids is 2. The van der Waals surface area contributed by atoms with E-state index in [-0.39, 0.29) is 17.5 Å². The Morgan fingerprint density at radius 3 is 2.50 bits per heavy atom. The van der Waals surface area contributed by atoms with Gasteiger partial charge in [-0.25, -0.2) is 4.79 Å². The van der Waals surface area contributed by atoms with Crippen molar-refractivity contribution in [1.29, 1.82) is 0 Å². The molecule has 22 heavy (non-hydrogen) atoms. The second-order valence-corrected chi connectivity index (χ2v) is 6.31. The fourth-order valence-electron chi connectivity index (χ4n) is 2.18. The third-order valence-corrected chi connectivity index (χ3v) is 3.15. The average molecular weight is 305 g/mol. The Kier molecular flexibility index (Phi) is 5.03. The predicted octanol–water partition coefficient (Wildman–Crippen LogP) is 2.08. The van der Waals surface area contributed by atoms with Crippen molar-refractivity contribution in [1.82, 2.24) is 10.2 Å². The Morgan fingerprint density at radius 1 is 1.18 bits per heavy atom. The van der Waals surface area contributed by atoms with Gasteiger partial charge in [0.15, 0.2) is 0 Å². The second-order valence-electron chi connectivity index (χ2n) is 6.31. The summed E-state index contributed by atoms with van der Waals surface area (Å²) in [6.45, 7) is 8.05. The van der Waals surface area contributed by atoms with Crippen LogP contribution < -0.4 is 10.6 Å². The van der Waals surface area contributed by atoms with Crippen molar-refractivity contribution in [3.63, 3.8) is 0 Å². The van der Waals surface area contributed by atoms with Gasteiger partial charge in [0, 0.05) is 29.9 Å². The summed E-state index contributed by atoms with van der Waals surface area (Å²) in [6, 6.07) is 6.69. The van der Waals surface area contributed by atoms with Crippen LogP contribution in [0, 0.1) is 0 Å². The molecule has 0 atom stereocenters. The van der Waals surface area contributed by atoms with Crippen LogP contribution in [0.5, 0.6) is 0 Å². The quantitative estimate of drug-likeness (QED) is 0.879. The molecule has 0 aliphatic carbocycles. The molecule has 0 aromatic heterocycles. The van der Waals surface area contributed by atoms with Crippen molar-refractivity contribution in [2.45, 2.75) is 26.3 Å². The molecule has 0 unspecified atom stereocenters. The molecule has 0 radical (unpaired) electrons. The minimum Gasteiger partial charge on any atom is -0.378 e. The summed E-state index contributed by atoms with van der Waals surface area (Å²) in [4.78, 5) is 26.0. The first-order valence-corrected chi connectivity index (χ1v) is 7.41. The zero-order valence-electron chi connectivity index (χ0n) is 13.3. The summed E-state index contributed by atoms with van der Waals surface area (Å²) in [5.41, 5.74) is 0.849. The van der Waals surface area contributed by atoms with Crippen molar-refractivity contribution >= 4 is 17.6 Å². The maximum absolute atomic E-state index is 12.4. The lowest BCUT2D eigenvalue weighted by molar-refractivity contribution is 0.0303. The molecule has 120 valence electrons. The molecule has 1 heterocycles. The van der Waals surface area contributed by atoms with Gasteiger partial charge < -0.3 is 20.3 Å². The number of hydrogen-bond acceptors (Lipinski definition) is 3. The molecule has 2 rings (SSSR count). The highest BCUT2D eigenvalue weighted by Gasteiger charge is 2.19. The summed E-state index contributed by atoms with van der Waals surface area (Å²) < 4.78 is 5.25. The second kappa shape index (κ2) is 6.79. The average Bonchev–Trinajstić information content (AvgIpc) is 2.45. The van der Waals surface area contributed by atoms with Crippen molar-refractivity contribution in [3.8, 4) is 0 Å². The number of ether oxygens (including phenoxy) is 1. The topological polar surface area (TPSA) is 70.7 Å². The van der Waals surface area contributed by atoms with Gasteiger partial charge in [-0.05, 0) is 39.0 Å². The molecular formula is C16H23N3O3. The number of morpholine rings is 1. The molecule has 6 heteroatoms. The van der Waals surface area contributed by atoms with Crippen LogP contribution in [0.15, 0.2) is 24.3 Å². The number of hydrogen-bond donors (Lipinski definition) is 2. The lowest BCUT2D eigenvalue weighted by Crippen LogP contribution is -2.43. The van der Waals surface area contributed by atoms with Crippen LogP contribution in [0.3, 0.4) is 0 Å². The van der Waals surface area contributed by atoms with Gasteiger partial charge in [0.05, 0.1) is 13.2 Å². The molecule has 6 nitrogen and oxygen atoms in total. The van der Waals surface area contributed by atoms with Crippen molar-refractivity contribution < 1.29 is 14.3 Å². The van der Waals surface area contributed by atoms with Gasteiger partial charge in [0.2, 0.25) is 0 Å². The molecular weight excluding hydrogens is 282 g/mol. The lowest BCUT2D eigenvalue weighted by Gasteiger charge is -2.27. The Bertz CT molecular complexity index is 546. The molecule has 1 saturated heterocycles. The van der Waals surface area contributed by atoms with E-state index in [0.717, 1.165) is 0 Å². The predicted molar refractivity (Wildman–Crippen MR) is 85.1 cm³/mol. The minimum atomic E-state index is -0.314. The number of anilines is 1. The highest BCUT2D eigenvalue weighted by molar-refractivity contribution is 5.97. The molecule has 1 aliphatic heterocycles. The number of urea groups is 1. The number of benzene rings is 1. The Morgan fingerprint density at radius 2 is 1.86 bits per heavy atom. The third kappa shape index (κ3) is 4.73. The highest BCUT2D eigenvalue weighted by Crippen LogP contribution is 2.14. The van der Waals surface area contributed by atoms with E-state index < -0.39 is 0 Å².